The predicted molar refractivity (Wildman–Crippen MR) is 126 cm³/mol. The lowest BCUT2D eigenvalue weighted by Crippen LogP contribution is -2.26. The maximum absolute atomic E-state index is 13.5. The van der Waals surface area contributed by atoms with Crippen LogP contribution >= 0.6 is 0 Å². The lowest BCUT2D eigenvalue weighted by molar-refractivity contribution is 0.0743. The summed E-state index contributed by atoms with van der Waals surface area (Å²) in [6, 6.07) is 17.8. The zero-order valence-electron chi connectivity index (χ0n) is 18.2. The molecule has 1 aromatic heterocycles. The number of aromatic nitrogens is 2. The largest absolute Gasteiger partial charge is 0.508 e. The van der Waals surface area contributed by atoms with Crippen LogP contribution in [0.15, 0.2) is 79.4 Å². The number of hydrogen-bond acceptors (Lipinski definition) is 7. The second-order valence-electron chi connectivity index (χ2n) is 7.97. The number of rotatable bonds is 6. The molecule has 0 spiro atoms. The molecule has 1 amide bonds. The maximum Gasteiger partial charge on any atom is 0.262 e. The fourth-order valence-electron chi connectivity index (χ4n) is 4.01. The molecule has 3 aromatic carbocycles. The van der Waals surface area contributed by atoms with Gasteiger partial charge in [0, 0.05) is 30.9 Å². The van der Waals surface area contributed by atoms with Crippen LogP contribution in [0.2, 0.25) is 0 Å². The number of amides is 1. The van der Waals surface area contributed by atoms with Crippen molar-refractivity contribution in [2.45, 2.75) is 19.7 Å². The van der Waals surface area contributed by atoms with E-state index < -0.39 is 0 Å². The number of carbonyl (C=O) groups is 1. The van der Waals surface area contributed by atoms with E-state index in [-0.39, 0.29) is 35.3 Å². The van der Waals surface area contributed by atoms with Crippen LogP contribution in [-0.2, 0) is 19.7 Å². The van der Waals surface area contributed by atoms with E-state index >= 15 is 0 Å². The van der Waals surface area contributed by atoms with E-state index in [1.54, 1.807) is 17.3 Å². The van der Waals surface area contributed by atoms with Crippen LogP contribution in [0.4, 0.5) is 11.4 Å². The SMILES string of the molecule is O=C(c1c(O)cc(O)cc1OCc1ccccc1)N1Cc2cccc(Nc3cncnc3)c2C1. The Morgan fingerprint density at radius 3 is 2.59 bits per heavy atom. The lowest BCUT2D eigenvalue weighted by atomic mass is 10.1. The molecule has 170 valence electrons. The van der Waals surface area contributed by atoms with Gasteiger partial charge in [-0.3, -0.25) is 4.79 Å². The number of phenolic OH excluding ortho intramolecular Hbond substituents is 2. The van der Waals surface area contributed by atoms with E-state index in [2.05, 4.69) is 15.3 Å². The van der Waals surface area contributed by atoms with Gasteiger partial charge in [-0.2, -0.15) is 0 Å². The molecule has 0 unspecified atom stereocenters. The molecule has 34 heavy (non-hydrogen) atoms. The van der Waals surface area contributed by atoms with Gasteiger partial charge in [-0.05, 0) is 22.8 Å². The van der Waals surface area contributed by atoms with Crippen LogP contribution in [0.25, 0.3) is 0 Å². The lowest BCUT2D eigenvalue weighted by Gasteiger charge is -2.19. The highest BCUT2D eigenvalue weighted by Crippen LogP contribution is 2.37. The average Bonchev–Trinajstić information content (AvgIpc) is 3.29. The number of fused-ring (bicyclic) bond motifs is 1. The molecule has 0 saturated heterocycles. The summed E-state index contributed by atoms with van der Waals surface area (Å²) in [4.78, 5) is 23.2. The van der Waals surface area contributed by atoms with Crippen molar-refractivity contribution >= 4 is 17.3 Å². The van der Waals surface area contributed by atoms with Crippen molar-refractivity contribution in [3.8, 4) is 17.2 Å². The number of hydrogen-bond donors (Lipinski definition) is 3. The summed E-state index contributed by atoms with van der Waals surface area (Å²) >= 11 is 0. The monoisotopic (exact) mass is 454 g/mol. The Morgan fingerprint density at radius 2 is 1.79 bits per heavy atom. The Labute approximate surface area is 196 Å². The molecule has 1 aliphatic rings. The normalized spacial score (nSPS) is 12.3. The predicted octanol–water partition coefficient (Wildman–Crippen LogP) is 4.37. The Bertz CT molecular complexity index is 1330. The van der Waals surface area contributed by atoms with Crippen molar-refractivity contribution in [2.24, 2.45) is 0 Å². The smallest absolute Gasteiger partial charge is 0.262 e. The molecule has 5 rings (SSSR count). The fraction of sp³-hybridized carbons (Fsp3) is 0.115. The first-order valence-electron chi connectivity index (χ1n) is 10.7. The summed E-state index contributed by atoms with van der Waals surface area (Å²) in [5, 5.41) is 23.9. The van der Waals surface area contributed by atoms with Crippen molar-refractivity contribution in [3.63, 3.8) is 0 Å². The first kappa shape index (κ1) is 21.3. The number of carbonyl (C=O) groups excluding carboxylic acids is 1. The number of ether oxygens (including phenoxy) is 1. The van der Waals surface area contributed by atoms with E-state index in [1.165, 1.54) is 12.4 Å². The quantitative estimate of drug-likeness (QED) is 0.397. The molecule has 0 fully saturated rings. The number of benzene rings is 3. The van der Waals surface area contributed by atoms with Gasteiger partial charge in [0.2, 0.25) is 0 Å². The Hall–Kier alpha value is -4.59. The van der Waals surface area contributed by atoms with E-state index in [4.69, 9.17) is 4.74 Å². The summed E-state index contributed by atoms with van der Waals surface area (Å²) in [6.07, 6.45) is 4.81. The summed E-state index contributed by atoms with van der Waals surface area (Å²) in [7, 11) is 0. The highest BCUT2D eigenvalue weighted by molar-refractivity contribution is 6.00. The molecule has 0 atom stereocenters. The molecule has 1 aliphatic heterocycles. The van der Waals surface area contributed by atoms with Crippen LogP contribution in [0.1, 0.15) is 27.0 Å². The third-order valence-corrected chi connectivity index (χ3v) is 5.63. The Balaban J connectivity index is 1.40. The van der Waals surface area contributed by atoms with Gasteiger partial charge in [0.25, 0.3) is 5.91 Å². The number of anilines is 2. The Kier molecular flexibility index (Phi) is 5.70. The summed E-state index contributed by atoms with van der Waals surface area (Å²) in [5.74, 6) is -0.768. The molecule has 0 radical (unpaired) electrons. The molecule has 0 saturated carbocycles. The number of nitrogens with zero attached hydrogens (tertiary/aromatic N) is 3. The van der Waals surface area contributed by atoms with E-state index in [0.717, 1.165) is 34.1 Å². The topological polar surface area (TPSA) is 108 Å². The zero-order chi connectivity index (χ0) is 23.5. The molecular weight excluding hydrogens is 432 g/mol. The van der Waals surface area contributed by atoms with Crippen LogP contribution in [0.3, 0.4) is 0 Å². The van der Waals surface area contributed by atoms with Gasteiger partial charge in [-0.25, -0.2) is 9.97 Å². The van der Waals surface area contributed by atoms with Crippen molar-refractivity contribution in [1.29, 1.82) is 0 Å². The van der Waals surface area contributed by atoms with Crippen LogP contribution in [-0.4, -0.2) is 31.0 Å². The van der Waals surface area contributed by atoms with Crippen molar-refractivity contribution in [1.82, 2.24) is 14.9 Å². The summed E-state index contributed by atoms with van der Waals surface area (Å²) in [5.41, 5.74) is 4.50. The second kappa shape index (κ2) is 9.11. The highest BCUT2D eigenvalue weighted by Gasteiger charge is 2.30. The van der Waals surface area contributed by atoms with Crippen LogP contribution in [0.5, 0.6) is 17.2 Å². The van der Waals surface area contributed by atoms with Crippen LogP contribution < -0.4 is 10.1 Å². The van der Waals surface area contributed by atoms with Gasteiger partial charge in [0.1, 0.15) is 35.7 Å². The molecule has 8 heteroatoms. The number of aromatic hydroxyl groups is 2. The minimum Gasteiger partial charge on any atom is -0.508 e. The van der Waals surface area contributed by atoms with Crippen molar-refractivity contribution in [3.05, 3.63) is 102 Å². The molecule has 2 heterocycles. The average molecular weight is 454 g/mol. The third-order valence-electron chi connectivity index (χ3n) is 5.63. The van der Waals surface area contributed by atoms with Gasteiger partial charge in [0.15, 0.2) is 0 Å². The van der Waals surface area contributed by atoms with Gasteiger partial charge in [-0.15, -0.1) is 0 Å². The number of nitrogens with one attached hydrogen (secondary N) is 1. The minimum atomic E-state index is -0.384. The highest BCUT2D eigenvalue weighted by atomic mass is 16.5. The Morgan fingerprint density at radius 1 is 1.00 bits per heavy atom. The molecule has 3 N–H and O–H groups in total. The third kappa shape index (κ3) is 4.33. The summed E-state index contributed by atoms with van der Waals surface area (Å²) in [6.45, 7) is 0.925. The molecule has 0 bridgehead atoms. The molecule has 4 aromatic rings. The zero-order valence-corrected chi connectivity index (χ0v) is 18.2. The van der Waals surface area contributed by atoms with Gasteiger partial charge < -0.3 is 25.2 Å². The first-order valence-corrected chi connectivity index (χ1v) is 10.7. The fourth-order valence-corrected chi connectivity index (χ4v) is 4.01. The number of phenols is 2. The molecule has 0 aliphatic carbocycles. The van der Waals surface area contributed by atoms with Crippen molar-refractivity contribution in [2.75, 3.05) is 5.32 Å². The van der Waals surface area contributed by atoms with E-state index in [0.29, 0.717) is 13.1 Å². The maximum atomic E-state index is 13.5. The van der Waals surface area contributed by atoms with Gasteiger partial charge in [0.05, 0.1) is 18.1 Å². The van der Waals surface area contributed by atoms with Crippen LogP contribution in [0, 0.1) is 0 Å². The van der Waals surface area contributed by atoms with E-state index in [1.807, 2.05) is 48.5 Å². The van der Waals surface area contributed by atoms with Gasteiger partial charge in [-0.1, -0.05) is 42.5 Å². The van der Waals surface area contributed by atoms with Gasteiger partial charge >= 0.3 is 0 Å². The van der Waals surface area contributed by atoms with Crippen molar-refractivity contribution < 1.29 is 19.7 Å². The molecular formula is C26H22N4O4. The summed E-state index contributed by atoms with van der Waals surface area (Å²) < 4.78 is 5.85. The standard InChI is InChI=1S/C26H22N4O4/c31-20-9-23(32)25(24(10-20)34-15-17-5-2-1-3-6-17)26(33)30-13-18-7-4-8-22(21(18)14-30)29-19-11-27-16-28-12-19/h1-12,16,29,31-32H,13-15H2. The molecule has 8 nitrogen and oxygen atoms in total. The van der Waals surface area contributed by atoms with E-state index in [9.17, 15) is 15.0 Å². The first-order chi connectivity index (χ1) is 16.6. The minimum absolute atomic E-state index is 0.0208. The second-order valence-corrected chi connectivity index (χ2v) is 7.97.